The maximum absolute atomic E-state index is 13.9. The van der Waals surface area contributed by atoms with Crippen LogP contribution in [0.3, 0.4) is 0 Å². The number of thioether (sulfide) groups is 1. The lowest BCUT2D eigenvalue weighted by Gasteiger charge is -2.43. The Labute approximate surface area is 206 Å². The van der Waals surface area contributed by atoms with Gasteiger partial charge in [-0.05, 0) is 42.7 Å². The van der Waals surface area contributed by atoms with Crippen molar-refractivity contribution in [1.82, 2.24) is 0 Å². The molecule has 1 aliphatic heterocycles. The van der Waals surface area contributed by atoms with Crippen LogP contribution in [0.1, 0.15) is 50.9 Å². The number of nitrogens with two attached hydrogens (primary N) is 1. The fraction of sp³-hybridized carbons (Fsp3) is 0.360. The Morgan fingerprint density at radius 1 is 1.37 bits per heavy atom. The van der Waals surface area contributed by atoms with Crippen LogP contribution in [-0.4, -0.2) is 16.5 Å². The van der Waals surface area contributed by atoms with Crippen molar-refractivity contribution in [3.63, 3.8) is 0 Å². The molecule has 1 aliphatic carbocycles. The molecule has 2 heterocycles. The highest BCUT2D eigenvalue weighted by Gasteiger charge is 2.46. The number of nitro groups is 1. The third kappa shape index (κ3) is 4.21. The van der Waals surface area contributed by atoms with Gasteiger partial charge in [-0.2, -0.15) is 5.26 Å². The van der Waals surface area contributed by atoms with Gasteiger partial charge in [0.25, 0.3) is 5.69 Å². The first-order valence-electron chi connectivity index (χ1n) is 11.1. The van der Waals surface area contributed by atoms with Crippen LogP contribution in [0, 0.1) is 39.6 Å². The summed E-state index contributed by atoms with van der Waals surface area (Å²) in [6.45, 7) is 7.62. The number of anilines is 1. The Bertz CT molecular complexity index is 1350. The van der Waals surface area contributed by atoms with E-state index in [2.05, 4.69) is 6.07 Å². The van der Waals surface area contributed by atoms with E-state index < -0.39 is 27.8 Å². The summed E-state index contributed by atoms with van der Waals surface area (Å²) in [5.74, 6) is -0.378. The topological polar surface area (TPSA) is 126 Å². The van der Waals surface area contributed by atoms with E-state index in [0.717, 1.165) is 12.1 Å². The summed E-state index contributed by atoms with van der Waals surface area (Å²) in [7, 11) is 0. The van der Waals surface area contributed by atoms with E-state index in [-0.39, 0.29) is 29.3 Å². The number of carbonyl (C=O) groups excluding carboxylic acids is 1. The molecule has 0 spiro atoms. The Balaban J connectivity index is 2.06. The van der Waals surface area contributed by atoms with Crippen LogP contribution in [0.15, 0.2) is 56.4 Å². The molecule has 0 saturated heterocycles. The number of hydrogen-bond donors (Lipinski definition) is 1. The molecule has 1 unspecified atom stereocenters. The number of ketones is 1. The number of nitro benzene ring substituents is 1. The first kappa shape index (κ1) is 24.5. The molecule has 2 aromatic rings. The van der Waals surface area contributed by atoms with Gasteiger partial charge in [-0.1, -0.05) is 32.5 Å². The molecule has 1 aromatic heterocycles. The second kappa shape index (κ2) is 8.89. The summed E-state index contributed by atoms with van der Waals surface area (Å²) >= 11 is 1.46. The Hall–Kier alpha value is -3.58. The average Bonchev–Trinajstić information content (AvgIpc) is 3.12. The van der Waals surface area contributed by atoms with Gasteiger partial charge in [0, 0.05) is 23.3 Å². The van der Waals surface area contributed by atoms with Crippen molar-refractivity contribution in [2.45, 2.75) is 51.5 Å². The molecule has 4 rings (SSSR count). The quantitative estimate of drug-likeness (QED) is 0.318. The molecule has 2 N–H and O–H groups in total. The minimum absolute atomic E-state index is 0.00429. The SMILES string of the molecule is CCSc1oc(C)cc1C1C(C#N)=C(N)N(c2ccc(F)cc2[N+](=O)[O-])C2=C1C(=O)CC(C)(C)C2. The van der Waals surface area contributed by atoms with Crippen LogP contribution in [0.5, 0.6) is 0 Å². The summed E-state index contributed by atoms with van der Waals surface area (Å²) in [6, 6.07) is 7.12. The minimum atomic E-state index is -0.775. The molecule has 10 heteroatoms. The summed E-state index contributed by atoms with van der Waals surface area (Å²) in [5, 5.41) is 22.6. The van der Waals surface area contributed by atoms with Gasteiger partial charge < -0.3 is 10.2 Å². The molecule has 0 fully saturated rings. The van der Waals surface area contributed by atoms with E-state index >= 15 is 0 Å². The molecule has 0 bridgehead atoms. The van der Waals surface area contributed by atoms with E-state index in [9.17, 15) is 24.6 Å². The molecule has 0 saturated carbocycles. The highest BCUT2D eigenvalue weighted by molar-refractivity contribution is 7.99. The van der Waals surface area contributed by atoms with E-state index in [1.807, 2.05) is 20.8 Å². The predicted octanol–water partition coefficient (Wildman–Crippen LogP) is 5.69. The molecular formula is C25H25FN4O4S. The largest absolute Gasteiger partial charge is 0.455 e. The van der Waals surface area contributed by atoms with Crippen LogP contribution < -0.4 is 10.6 Å². The molecule has 2 aliphatic rings. The first-order chi connectivity index (χ1) is 16.5. The van der Waals surface area contributed by atoms with Gasteiger partial charge in [0.2, 0.25) is 0 Å². The van der Waals surface area contributed by atoms with E-state index in [4.69, 9.17) is 10.2 Å². The van der Waals surface area contributed by atoms with Crippen LogP contribution in [0.2, 0.25) is 0 Å². The normalized spacial score (nSPS) is 19.6. The fourth-order valence-electron chi connectivity index (χ4n) is 4.88. The van der Waals surface area contributed by atoms with Gasteiger partial charge in [0.1, 0.15) is 23.1 Å². The number of hydrogen-bond acceptors (Lipinski definition) is 8. The van der Waals surface area contributed by atoms with Crippen molar-refractivity contribution < 1.29 is 18.5 Å². The van der Waals surface area contributed by atoms with E-state index in [1.165, 1.54) is 22.7 Å². The molecule has 8 nitrogen and oxygen atoms in total. The number of benzene rings is 1. The van der Waals surface area contributed by atoms with Crippen LogP contribution in [0.4, 0.5) is 15.8 Å². The molecule has 35 heavy (non-hydrogen) atoms. The lowest BCUT2D eigenvalue weighted by atomic mass is 9.69. The molecule has 182 valence electrons. The average molecular weight is 497 g/mol. The van der Waals surface area contributed by atoms with Crippen molar-refractivity contribution >= 4 is 28.9 Å². The maximum Gasteiger partial charge on any atom is 0.296 e. The zero-order chi connectivity index (χ0) is 25.7. The number of Topliss-reactive ketones (excluding diaryl/α,β-unsaturated/α-hetero) is 1. The van der Waals surface area contributed by atoms with Gasteiger partial charge >= 0.3 is 0 Å². The second-order valence-corrected chi connectivity index (χ2v) is 10.6. The van der Waals surface area contributed by atoms with E-state index in [0.29, 0.717) is 39.9 Å². The number of allylic oxidation sites excluding steroid dienone is 3. The summed E-state index contributed by atoms with van der Waals surface area (Å²) in [6.07, 6.45) is 0.624. The van der Waals surface area contributed by atoms with Crippen molar-refractivity contribution in [2.24, 2.45) is 11.1 Å². The summed E-state index contributed by atoms with van der Waals surface area (Å²) in [5.41, 5.74) is 7.21. The zero-order valence-electron chi connectivity index (χ0n) is 19.8. The molecular weight excluding hydrogens is 471 g/mol. The molecule has 1 atom stereocenters. The number of halogens is 1. The molecule has 1 aromatic carbocycles. The smallest absolute Gasteiger partial charge is 0.296 e. The van der Waals surface area contributed by atoms with E-state index in [1.54, 1.807) is 13.0 Å². The fourth-order valence-corrected chi connectivity index (χ4v) is 5.68. The number of nitriles is 1. The maximum atomic E-state index is 13.9. The lowest BCUT2D eigenvalue weighted by molar-refractivity contribution is -0.384. The standard InChI is InChI=1S/C25H25FN4O4S/c1-5-35-24-15(8-13(2)34-24)21-16(12-27)23(28)29(17-7-6-14(26)9-18(17)30(32)33)19-10-25(3,4)11-20(31)22(19)21/h6-9,21H,5,10-11,28H2,1-4H3. The number of rotatable bonds is 5. The Morgan fingerprint density at radius 3 is 2.71 bits per heavy atom. The monoisotopic (exact) mass is 496 g/mol. The van der Waals surface area contributed by atoms with Crippen LogP contribution in [-0.2, 0) is 4.79 Å². The highest BCUT2D eigenvalue weighted by atomic mass is 32.2. The molecule has 0 radical (unpaired) electrons. The van der Waals surface area contributed by atoms with Crippen LogP contribution >= 0.6 is 11.8 Å². The Kier molecular flexibility index (Phi) is 6.23. The van der Waals surface area contributed by atoms with Gasteiger partial charge in [0.15, 0.2) is 10.9 Å². The number of furan rings is 1. The van der Waals surface area contributed by atoms with Gasteiger partial charge in [-0.25, -0.2) is 4.39 Å². The van der Waals surface area contributed by atoms with Gasteiger partial charge in [-0.3, -0.25) is 19.8 Å². The van der Waals surface area contributed by atoms with Crippen LogP contribution in [0.25, 0.3) is 0 Å². The predicted molar refractivity (Wildman–Crippen MR) is 130 cm³/mol. The number of aryl methyl sites for hydroxylation is 1. The van der Waals surface area contributed by atoms with Crippen molar-refractivity contribution in [3.05, 3.63) is 74.2 Å². The number of carbonyl (C=O) groups is 1. The van der Waals surface area contributed by atoms with Gasteiger partial charge in [-0.15, -0.1) is 0 Å². The third-order valence-electron chi connectivity index (χ3n) is 6.19. The third-order valence-corrected chi connectivity index (χ3v) is 7.06. The van der Waals surface area contributed by atoms with Crippen molar-refractivity contribution in [1.29, 1.82) is 5.26 Å². The lowest BCUT2D eigenvalue weighted by Crippen LogP contribution is -2.42. The van der Waals surface area contributed by atoms with Crippen molar-refractivity contribution in [2.75, 3.05) is 10.7 Å². The second-order valence-electron chi connectivity index (χ2n) is 9.40. The summed E-state index contributed by atoms with van der Waals surface area (Å²) in [4.78, 5) is 26.1. The number of nitrogens with zero attached hydrogens (tertiary/aromatic N) is 3. The first-order valence-corrected chi connectivity index (χ1v) is 12.1. The minimum Gasteiger partial charge on any atom is -0.455 e. The molecule has 0 amide bonds. The van der Waals surface area contributed by atoms with Crippen molar-refractivity contribution in [3.8, 4) is 6.07 Å². The highest BCUT2D eigenvalue weighted by Crippen LogP contribution is 2.52. The zero-order valence-corrected chi connectivity index (χ0v) is 20.7. The Morgan fingerprint density at radius 2 is 2.09 bits per heavy atom. The van der Waals surface area contributed by atoms with Gasteiger partial charge in [0.05, 0.1) is 28.5 Å². The summed E-state index contributed by atoms with van der Waals surface area (Å²) < 4.78 is 19.8.